The number of ether oxygens (including phenoxy) is 2. The summed E-state index contributed by atoms with van der Waals surface area (Å²) < 4.78 is 11.1. The summed E-state index contributed by atoms with van der Waals surface area (Å²) in [5, 5.41) is 0. The number of benzene rings is 1. The van der Waals surface area contributed by atoms with Crippen LogP contribution in [-0.2, 0) is 10.2 Å². The van der Waals surface area contributed by atoms with Gasteiger partial charge >= 0.3 is 0 Å². The van der Waals surface area contributed by atoms with Gasteiger partial charge in [-0.3, -0.25) is 0 Å². The second-order valence-electron chi connectivity index (χ2n) is 5.78. The van der Waals surface area contributed by atoms with Gasteiger partial charge in [-0.1, -0.05) is 26.0 Å². The van der Waals surface area contributed by atoms with Crippen LogP contribution in [0.1, 0.15) is 43.7 Å². The van der Waals surface area contributed by atoms with Crippen LogP contribution in [0.2, 0.25) is 0 Å². The Morgan fingerprint density at radius 2 is 2.11 bits per heavy atom. The van der Waals surface area contributed by atoms with Gasteiger partial charge in [0.2, 0.25) is 0 Å². The molecule has 0 spiro atoms. The van der Waals surface area contributed by atoms with Crippen LogP contribution in [0.15, 0.2) is 18.2 Å². The Labute approximate surface area is 116 Å². The lowest BCUT2D eigenvalue weighted by molar-refractivity contribution is -0.0658. The molecule has 0 bridgehead atoms. The molecule has 2 rings (SSSR count). The number of rotatable bonds is 6. The van der Waals surface area contributed by atoms with E-state index in [2.05, 4.69) is 32.0 Å². The van der Waals surface area contributed by atoms with E-state index in [1.54, 1.807) is 7.11 Å². The largest absolute Gasteiger partial charge is 0.496 e. The highest BCUT2D eigenvalue weighted by Gasteiger charge is 2.41. The normalized spacial score (nSPS) is 17.3. The van der Waals surface area contributed by atoms with Gasteiger partial charge in [0.1, 0.15) is 5.75 Å². The molecule has 1 fully saturated rings. The molecule has 1 aliphatic heterocycles. The van der Waals surface area contributed by atoms with Gasteiger partial charge in [-0.05, 0) is 36.9 Å². The van der Waals surface area contributed by atoms with E-state index in [0.717, 1.165) is 38.3 Å². The predicted molar refractivity (Wildman–Crippen MR) is 77.9 cm³/mol. The van der Waals surface area contributed by atoms with Crippen LogP contribution in [0.5, 0.6) is 5.75 Å². The lowest BCUT2D eigenvalue weighted by Crippen LogP contribution is -2.47. The summed E-state index contributed by atoms with van der Waals surface area (Å²) in [6, 6.07) is 6.60. The summed E-state index contributed by atoms with van der Waals surface area (Å²) >= 11 is 0. The van der Waals surface area contributed by atoms with Crippen molar-refractivity contribution in [2.24, 2.45) is 5.73 Å². The summed E-state index contributed by atoms with van der Waals surface area (Å²) in [6.45, 7) is 6.69. The van der Waals surface area contributed by atoms with Gasteiger partial charge in [-0.25, -0.2) is 0 Å². The fourth-order valence-electron chi connectivity index (χ4n) is 2.73. The number of nitrogens with two attached hydrogens (primary N) is 1. The van der Waals surface area contributed by atoms with E-state index in [-0.39, 0.29) is 5.41 Å². The highest BCUT2D eigenvalue weighted by atomic mass is 16.5. The Balaban J connectivity index is 2.32. The van der Waals surface area contributed by atoms with E-state index >= 15 is 0 Å². The first-order valence-corrected chi connectivity index (χ1v) is 7.09. The van der Waals surface area contributed by atoms with Crippen molar-refractivity contribution in [1.29, 1.82) is 0 Å². The second kappa shape index (κ2) is 5.93. The van der Waals surface area contributed by atoms with E-state index in [4.69, 9.17) is 15.2 Å². The third-order valence-electron chi connectivity index (χ3n) is 4.08. The molecule has 1 saturated heterocycles. The zero-order valence-corrected chi connectivity index (χ0v) is 12.2. The highest BCUT2D eigenvalue weighted by Crippen LogP contribution is 2.42. The second-order valence-corrected chi connectivity index (χ2v) is 5.78. The molecular weight excluding hydrogens is 238 g/mol. The van der Waals surface area contributed by atoms with Crippen LogP contribution in [0.3, 0.4) is 0 Å². The number of methoxy groups -OCH3 is 1. The quantitative estimate of drug-likeness (QED) is 0.858. The molecule has 0 amide bonds. The van der Waals surface area contributed by atoms with Crippen LogP contribution in [0.25, 0.3) is 0 Å². The molecule has 19 heavy (non-hydrogen) atoms. The zero-order chi connectivity index (χ0) is 13.9. The van der Waals surface area contributed by atoms with E-state index in [1.807, 2.05) is 0 Å². The fourth-order valence-corrected chi connectivity index (χ4v) is 2.73. The van der Waals surface area contributed by atoms with Crippen molar-refractivity contribution in [3.8, 4) is 5.75 Å². The van der Waals surface area contributed by atoms with Crippen molar-refractivity contribution in [2.45, 2.75) is 38.0 Å². The first-order valence-electron chi connectivity index (χ1n) is 7.09. The minimum Gasteiger partial charge on any atom is -0.496 e. The summed E-state index contributed by atoms with van der Waals surface area (Å²) in [5.41, 5.74) is 8.36. The van der Waals surface area contributed by atoms with Crippen molar-refractivity contribution in [1.82, 2.24) is 0 Å². The maximum atomic E-state index is 5.65. The smallest absolute Gasteiger partial charge is 0.123 e. The van der Waals surface area contributed by atoms with Gasteiger partial charge in [0.25, 0.3) is 0 Å². The van der Waals surface area contributed by atoms with E-state index in [1.165, 1.54) is 11.1 Å². The minimum atomic E-state index is 0.111. The number of hydrogen-bond acceptors (Lipinski definition) is 3. The monoisotopic (exact) mass is 263 g/mol. The SMILES string of the molecule is COc1cc(C(C)C)ccc1C1(CCCN)COC1. The Morgan fingerprint density at radius 3 is 2.58 bits per heavy atom. The molecule has 1 aromatic rings. The van der Waals surface area contributed by atoms with Gasteiger partial charge in [0, 0.05) is 11.0 Å². The molecule has 1 aliphatic rings. The lowest BCUT2D eigenvalue weighted by atomic mass is 9.74. The van der Waals surface area contributed by atoms with Crippen molar-refractivity contribution in [3.05, 3.63) is 29.3 Å². The molecule has 1 aromatic carbocycles. The van der Waals surface area contributed by atoms with E-state index in [0.29, 0.717) is 5.92 Å². The molecule has 2 N–H and O–H groups in total. The minimum absolute atomic E-state index is 0.111. The average Bonchev–Trinajstić information content (AvgIpc) is 2.37. The van der Waals surface area contributed by atoms with Crippen molar-refractivity contribution >= 4 is 0 Å². The van der Waals surface area contributed by atoms with Crippen LogP contribution in [0, 0.1) is 0 Å². The maximum Gasteiger partial charge on any atom is 0.123 e. The molecule has 3 heteroatoms. The van der Waals surface area contributed by atoms with Gasteiger partial charge in [-0.15, -0.1) is 0 Å². The van der Waals surface area contributed by atoms with Crippen LogP contribution < -0.4 is 10.5 Å². The highest BCUT2D eigenvalue weighted by molar-refractivity contribution is 5.44. The Morgan fingerprint density at radius 1 is 1.37 bits per heavy atom. The Kier molecular flexibility index (Phi) is 4.48. The van der Waals surface area contributed by atoms with Gasteiger partial charge in [0.15, 0.2) is 0 Å². The molecule has 0 saturated carbocycles. The zero-order valence-electron chi connectivity index (χ0n) is 12.2. The van der Waals surface area contributed by atoms with E-state index < -0.39 is 0 Å². The number of hydrogen-bond donors (Lipinski definition) is 1. The molecule has 0 unspecified atom stereocenters. The van der Waals surface area contributed by atoms with Crippen molar-refractivity contribution in [2.75, 3.05) is 26.9 Å². The summed E-state index contributed by atoms with van der Waals surface area (Å²) in [7, 11) is 1.75. The first kappa shape index (κ1) is 14.4. The summed E-state index contributed by atoms with van der Waals surface area (Å²) in [6.07, 6.45) is 2.10. The van der Waals surface area contributed by atoms with E-state index in [9.17, 15) is 0 Å². The summed E-state index contributed by atoms with van der Waals surface area (Å²) in [4.78, 5) is 0. The van der Waals surface area contributed by atoms with Crippen molar-refractivity contribution in [3.63, 3.8) is 0 Å². The predicted octanol–water partition coefficient (Wildman–Crippen LogP) is 2.83. The Hall–Kier alpha value is -1.06. The summed E-state index contributed by atoms with van der Waals surface area (Å²) in [5.74, 6) is 1.51. The Bertz CT molecular complexity index is 425. The van der Waals surface area contributed by atoms with Gasteiger partial charge < -0.3 is 15.2 Å². The molecule has 0 atom stereocenters. The lowest BCUT2D eigenvalue weighted by Gasteiger charge is -2.43. The molecule has 0 aliphatic carbocycles. The molecule has 106 valence electrons. The third kappa shape index (κ3) is 2.77. The van der Waals surface area contributed by atoms with Crippen LogP contribution >= 0.6 is 0 Å². The van der Waals surface area contributed by atoms with Crippen LogP contribution in [0.4, 0.5) is 0 Å². The van der Waals surface area contributed by atoms with Crippen molar-refractivity contribution < 1.29 is 9.47 Å². The molecular formula is C16H25NO2. The van der Waals surface area contributed by atoms with Gasteiger partial charge in [-0.2, -0.15) is 0 Å². The topological polar surface area (TPSA) is 44.5 Å². The standard InChI is InChI=1S/C16H25NO2/c1-12(2)13-5-6-14(15(9-13)18-3)16(7-4-8-17)10-19-11-16/h5-6,9,12H,4,7-8,10-11,17H2,1-3H3. The van der Waals surface area contributed by atoms with Gasteiger partial charge in [0.05, 0.1) is 20.3 Å². The first-order chi connectivity index (χ1) is 9.13. The van der Waals surface area contributed by atoms with Crippen LogP contribution in [-0.4, -0.2) is 26.9 Å². The molecule has 0 radical (unpaired) electrons. The third-order valence-corrected chi connectivity index (χ3v) is 4.08. The average molecular weight is 263 g/mol. The maximum absolute atomic E-state index is 5.65. The molecule has 1 heterocycles. The fraction of sp³-hybridized carbons (Fsp3) is 0.625. The molecule has 0 aromatic heterocycles. The molecule has 3 nitrogen and oxygen atoms in total.